The molecule has 3 N–H and O–H groups in total. The molecule has 1 aliphatic heterocycles. The second kappa shape index (κ2) is 5.42. The molecule has 0 aromatic heterocycles. The van der Waals surface area contributed by atoms with Gasteiger partial charge in [-0.05, 0) is 49.9 Å². The van der Waals surface area contributed by atoms with Gasteiger partial charge in [0.2, 0.25) is 0 Å². The van der Waals surface area contributed by atoms with E-state index in [0.717, 1.165) is 36.1 Å². The van der Waals surface area contributed by atoms with Crippen molar-refractivity contribution in [1.29, 1.82) is 0 Å². The van der Waals surface area contributed by atoms with Crippen molar-refractivity contribution in [3.8, 4) is 0 Å². The summed E-state index contributed by atoms with van der Waals surface area (Å²) in [7, 11) is 0. The first-order valence-electron chi connectivity index (χ1n) is 7.20. The van der Waals surface area contributed by atoms with Crippen molar-refractivity contribution in [3.05, 3.63) is 29.3 Å². The lowest BCUT2D eigenvalue weighted by Crippen LogP contribution is -2.51. The molecule has 1 amide bonds. The van der Waals surface area contributed by atoms with Gasteiger partial charge >= 0.3 is 0 Å². The number of hydrogen-bond acceptors (Lipinski definition) is 4. The number of carbonyl (C=O) groups excluding carboxylic acids is 1. The molecule has 5 nitrogen and oxygen atoms in total. The molecule has 20 heavy (non-hydrogen) atoms. The maximum atomic E-state index is 12.7. The summed E-state index contributed by atoms with van der Waals surface area (Å²) in [5.41, 5.74) is 5.19. The number of nitrogen functional groups attached to an aromatic ring is 1. The number of fused-ring (bicyclic) bond motifs is 1. The molecule has 3 rings (SSSR count). The second-order valence-electron chi connectivity index (χ2n) is 5.58. The van der Waals surface area contributed by atoms with Crippen LogP contribution in [0.15, 0.2) is 18.2 Å². The number of carbonyl (C=O) groups is 1. The topological polar surface area (TPSA) is 67.6 Å². The molecule has 1 aromatic carbocycles. The smallest absolute Gasteiger partial charge is 0.254 e. The van der Waals surface area contributed by atoms with Crippen molar-refractivity contribution in [2.45, 2.75) is 38.3 Å². The lowest BCUT2D eigenvalue weighted by atomic mass is 10.1. The molecule has 1 aliphatic carbocycles. The Bertz CT molecular complexity index is 518. The first-order chi connectivity index (χ1) is 9.70. The summed E-state index contributed by atoms with van der Waals surface area (Å²) in [5, 5.41) is 0. The number of hydrazine groups is 1. The van der Waals surface area contributed by atoms with Crippen LogP contribution in [-0.2, 0) is 4.74 Å². The van der Waals surface area contributed by atoms with Gasteiger partial charge in [0.15, 0.2) is 0 Å². The fourth-order valence-corrected chi connectivity index (χ4v) is 3.30. The number of amides is 1. The van der Waals surface area contributed by atoms with E-state index in [1.54, 1.807) is 0 Å². The van der Waals surface area contributed by atoms with Gasteiger partial charge in [0, 0.05) is 12.1 Å². The molecule has 0 radical (unpaired) electrons. The lowest BCUT2D eigenvalue weighted by molar-refractivity contribution is -0.0445. The Kier molecular flexibility index (Phi) is 3.63. The first-order valence-corrected chi connectivity index (χ1v) is 7.20. The van der Waals surface area contributed by atoms with E-state index in [1.165, 1.54) is 0 Å². The number of ether oxygens (including phenoxy) is 1. The van der Waals surface area contributed by atoms with Crippen LogP contribution in [0.1, 0.15) is 35.2 Å². The Balaban J connectivity index is 1.82. The summed E-state index contributed by atoms with van der Waals surface area (Å²) in [4.78, 5) is 14.7. The minimum Gasteiger partial charge on any atom is -0.374 e. The molecule has 1 saturated carbocycles. The highest BCUT2D eigenvalue weighted by Crippen LogP contribution is 2.31. The van der Waals surface area contributed by atoms with Gasteiger partial charge in [-0.1, -0.05) is 0 Å². The highest BCUT2D eigenvalue weighted by atomic mass is 16.5. The van der Waals surface area contributed by atoms with E-state index in [4.69, 9.17) is 10.6 Å². The van der Waals surface area contributed by atoms with Crippen molar-refractivity contribution in [3.63, 3.8) is 0 Å². The summed E-state index contributed by atoms with van der Waals surface area (Å²) in [5.74, 6) is 5.54. The van der Waals surface area contributed by atoms with Crippen molar-refractivity contribution in [2.75, 3.05) is 18.6 Å². The fourth-order valence-electron chi connectivity index (χ4n) is 3.30. The van der Waals surface area contributed by atoms with Crippen molar-refractivity contribution in [1.82, 2.24) is 4.90 Å². The number of nitrogens with two attached hydrogens (primary N) is 1. The Labute approximate surface area is 119 Å². The van der Waals surface area contributed by atoms with E-state index in [2.05, 4.69) is 5.43 Å². The van der Waals surface area contributed by atoms with Crippen LogP contribution in [0.25, 0.3) is 0 Å². The van der Waals surface area contributed by atoms with Gasteiger partial charge in [-0.2, -0.15) is 0 Å². The number of anilines is 1. The number of hydrogen-bond donors (Lipinski definition) is 2. The highest BCUT2D eigenvalue weighted by molar-refractivity contribution is 5.95. The molecule has 108 valence electrons. The number of benzene rings is 1. The third kappa shape index (κ3) is 2.27. The first kappa shape index (κ1) is 13.4. The van der Waals surface area contributed by atoms with Crippen molar-refractivity contribution >= 4 is 11.6 Å². The maximum Gasteiger partial charge on any atom is 0.254 e. The van der Waals surface area contributed by atoms with E-state index < -0.39 is 0 Å². The van der Waals surface area contributed by atoms with Crippen LogP contribution in [0.2, 0.25) is 0 Å². The quantitative estimate of drug-likeness (QED) is 0.636. The number of nitrogens with one attached hydrogen (secondary N) is 1. The van der Waals surface area contributed by atoms with E-state index in [-0.39, 0.29) is 18.1 Å². The molecule has 0 spiro atoms. The average molecular weight is 275 g/mol. The minimum absolute atomic E-state index is 0.108. The predicted molar refractivity (Wildman–Crippen MR) is 77.4 cm³/mol. The number of morpholine rings is 1. The zero-order valence-electron chi connectivity index (χ0n) is 11.8. The molecule has 2 aliphatic rings. The summed E-state index contributed by atoms with van der Waals surface area (Å²) < 4.78 is 5.76. The van der Waals surface area contributed by atoms with Crippen molar-refractivity contribution < 1.29 is 9.53 Å². The lowest BCUT2D eigenvalue weighted by Gasteiger charge is -2.37. The monoisotopic (exact) mass is 275 g/mol. The van der Waals surface area contributed by atoms with Gasteiger partial charge in [-0.3, -0.25) is 10.6 Å². The summed E-state index contributed by atoms with van der Waals surface area (Å²) >= 11 is 0. The van der Waals surface area contributed by atoms with Crippen LogP contribution in [0.5, 0.6) is 0 Å². The molecule has 1 saturated heterocycles. The van der Waals surface area contributed by atoms with Crippen LogP contribution in [0.3, 0.4) is 0 Å². The number of rotatable bonds is 2. The third-order valence-corrected chi connectivity index (χ3v) is 4.37. The molecule has 1 heterocycles. The van der Waals surface area contributed by atoms with E-state index in [9.17, 15) is 4.79 Å². The highest BCUT2D eigenvalue weighted by Gasteiger charge is 2.38. The number of nitrogens with zero attached hydrogens (tertiary/aromatic N) is 1. The van der Waals surface area contributed by atoms with E-state index in [0.29, 0.717) is 13.2 Å². The molecule has 2 fully saturated rings. The van der Waals surface area contributed by atoms with Crippen LogP contribution in [-0.4, -0.2) is 36.1 Å². The van der Waals surface area contributed by atoms with Gasteiger partial charge in [0.05, 0.1) is 24.4 Å². The number of aryl methyl sites for hydroxylation is 1. The van der Waals surface area contributed by atoms with Gasteiger partial charge in [0.1, 0.15) is 0 Å². The normalized spacial score (nSPS) is 25.4. The molecule has 2 unspecified atom stereocenters. The Hall–Kier alpha value is -1.59. The molecular formula is C15H21N3O2. The summed E-state index contributed by atoms with van der Waals surface area (Å²) in [6.07, 6.45) is 3.51. The molecule has 5 heteroatoms. The van der Waals surface area contributed by atoms with Crippen LogP contribution in [0, 0.1) is 6.92 Å². The molecule has 2 atom stereocenters. The maximum absolute atomic E-state index is 12.7. The van der Waals surface area contributed by atoms with Crippen LogP contribution >= 0.6 is 0 Å². The molecule has 0 bridgehead atoms. The fraction of sp³-hybridized carbons (Fsp3) is 0.533. The standard InChI is InChI=1S/C15H21N3O2/c1-10-9-11(5-6-12(10)17-16)15(19)18-7-8-20-14-4-2-3-13(14)18/h5-6,9,13-14,17H,2-4,7-8,16H2,1H3. The zero-order chi connectivity index (χ0) is 14.1. The van der Waals surface area contributed by atoms with Gasteiger partial charge in [0.25, 0.3) is 5.91 Å². The molecular weight excluding hydrogens is 254 g/mol. The summed E-state index contributed by atoms with van der Waals surface area (Å²) in [6.45, 7) is 3.29. The zero-order valence-corrected chi connectivity index (χ0v) is 11.8. The predicted octanol–water partition coefficient (Wildman–Crippen LogP) is 1.67. The Morgan fingerprint density at radius 2 is 2.30 bits per heavy atom. The minimum atomic E-state index is 0.108. The summed E-state index contributed by atoms with van der Waals surface area (Å²) in [6, 6.07) is 5.85. The SMILES string of the molecule is Cc1cc(C(=O)N2CCOC3CCCC32)ccc1NN. The second-order valence-corrected chi connectivity index (χ2v) is 5.58. The van der Waals surface area contributed by atoms with Crippen LogP contribution in [0.4, 0.5) is 5.69 Å². The van der Waals surface area contributed by atoms with Gasteiger partial charge in [-0.25, -0.2) is 0 Å². The largest absolute Gasteiger partial charge is 0.374 e. The van der Waals surface area contributed by atoms with Crippen molar-refractivity contribution in [2.24, 2.45) is 5.84 Å². The van der Waals surface area contributed by atoms with Gasteiger partial charge in [-0.15, -0.1) is 0 Å². The van der Waals surface area contributed by atoms with Gasteiger partial charge < -0.3 is 15.1 Å². The third-order valence-electron chi connectivity index (χ3n) is 4.37. The van der Waals surface area contributed by atoms with E-state index >= 15 is 0 Å². The molecule has 1 aromatic rings. The van der Waals surface area contributed by atoms with E-state index in [1.807, 2.05) is 30.0 Å². The Morgan fingerprint density at radius 3 is 3.05 bits per heavy atom. The Morgan fingerprint density at radius 1 is 1.45 bits per heavy atom. The average Bonchev–Trinajstić information content (AvgIpc) is 2.94. The van der Waals surface area contributed by atoms with Crippen LogP contribution < -0.4 is 11.3 Å².